The van der Waals surface area contributed by atoms with Gasteiger partial charge in [0.15, 0.2) is 6.23 Å². The summed E-state index contributed by atoms with van der Waals surface area (Å²) >= 11 is 0. The molecule has 0 unspecified atom stereocenters. The van der Waals surface area contributed by atoms with E-state index in [1.165, 1.54) is 6.92 Å². The largest absolute Gasteiger partial charge is 0.471 e. The molecule has 2 bridgehead atoms. The first-order valence-corrected chi connectivity index (χ1v) is 7.18. The molecule has 12 heteroatoms. The minimum Gasteiger partial charge on any atom is -0.393 e. The molecule has 0 radical (unpaired) electrons. The van der Waals surface area contributed by atoms with Crippen LogP contribution in [0.3, 0.4) is 0 Å². The zero-order valence-corrected chi connectivity index (χ0v) is 12.8. The van der Waals surface area contributed by atoms with E-state index in [-0.39, 0.29) is 5.56 Å². The van der Waals surface area contributed by atoms with Gasteiger partial charge in [-0.1, -0.05) is 0 Å². The summed E-state index contributed by atoms with van der Waals surface area (Å²) in [6.45, 7) is -0.181. The molecule has 2 saturated heterocycles. The number of fused-ring (bicyclic) bond motifs is 2. The number of carbonyl (C=O) groups is 1. The van der Waals surface area contributed by atoms with Crippen molar-refractivity contribution in [1.82, 2.24) is 14.5 Å². The fourth-order valence-electron chi connectivity index (χ4n) is 3.24. The number of aliphatic hydroxyl groups is 2. The second-order valence-corrected chi connectivity index (χ2v) is 6.08. The third-order valence-corrected chi connectivity index (χ3v) is 4.50. The van der Waals surface area contributed by atoms with Gasteiger partial charge < -0.3 is 19.8 Å². The van der Waals surface area contributed by atoms with Crippen LogP contribution in [-0.2, 0) is 9.53 Å². The molecule has 3 heterocycles. The zero-order valence-electron chi connectivity index (χ0n) is 12.8. The van der Waals surface area contributed by atoms with E-state index in [9.17, 15) is 37.8 Å². The smallest absolute Gasteiger partial charge is 0.393 e. The quantitative estimate of drug-likeness (QED) is 0.570. The topological polar surface area (TPSA) is 125 Å². The molecule has 4 atom stereocenters. The van der Waals surface area contributed by atoms with Crippen LogP contribution in [0, 0.1) is 6.92 Å². The summed E-state index contributed by atoms with van der Waals surface area (Å²) in [5.74, 6) is -2.21. The van der Waals surface area contributed by atoms with Crippen LogP contribution in [0.1, 0.15) is 11.8 Å². The molecule has 9 nitrogen and oxygen atoms in total. The zero-order chi connectivity index (χ0) is 18.7. The van der Waals surface area contributed by atoms with Crippen molar-refractivity contribution in [3.8, 4) is 0 Å². The van der Waals surface area contributed by atoms with Crippen LogP contribution >= 0.6 is 0 Å². The van der Waals surface area contributed by atoms with E-state index in [0.717, 1.165) is 10.8 Å². The minimum atomic E-state index is -5.20. The van der Waals surface area contributed by atoms with Gasteiger partial charge in [-0.3, -0.25) is 19.1 Å². The third kappa shape index (κ3) is 2.48. The van der Waals surface area contributed by atoms with Crippen molar-refractivity contribution in [2.24, 2.45) is 0 Å². The number of carbonyl (C=O) groups excluding carboxylic acids is 1. The van der Waals surface area contributed by atoms with Gasteiger partial charge in [0, 0.05) is 11.8 Å². The Bertz CT molecular complexity index is 834. The summed E-state index contributed by atoms with van der Waals surface area (Å²) < 4.78 is 44.7. The number of hydrogen-bond donors (Lipinski definition) is 3. The average molecular weight is 365 g/mol. The van der Waals surface area contributed by atoms with Gasteiger partial charge in [-0.25, -0.2) is 4.79 Å². The number of ether oxygens (including phenoxy) is 1. The highest BCUT2D eigenvalue weighted by Gasteiger charge is 2.67. The normalized spacial score (nSPS) is 31.6. The van der Waals surface area contributed by atoms with Gasteiger partial charge in [0.05, 0.1) is 13.2 Å². The van der Waals surface area contributed by atoms with Crippen molar-refractivity contribution in [1.29, 1.82) is 0 Å². The van der Waals surface area contributed by atoms with Crippen molar-refractivity contribution in [2.45, 2.75) is 37.1 Å². The van der Waals surface area contributed by atoms with Gasteiger partial charge in [0.25, 0.3) is 5.56 Å². The maximum atomic E-state index is 12.8. The molecule has 138 valence electrons. The third-order valence-electron chi connectivity index (χ3n) is 4.50. The number of morpholine rings is 1. The number of rotatable bonds is 2. The van der Waals surface area contributed by atoms with Crippen LogP contribution < -0.4 is 11.2 Å². The summed E-state index contributed by atoms with van der Waals surface area (Å²) in [6, 6.07) is -1.55. The second kappa shape index (κ2) is 5.41. The number of nitrogens with zero attached hydrogens (tertiary/aromatic N) is 2. The van der Waals surface area contributed by atoms with Gasteiger partial charge >= 0.3 is 17.8 Å². The van der Waals surface area contributed by atoms with E-state index >= 15 is 0 Å². The fourth-order valence-corrected chi connectivity index (χ4v) is 3.24. The first-order chi connectivity index (χ1) is 11.5. The standard InChI is InChI=1S/C13H14F3N3O6/c1-5-2-18(11(24)17-8(5)22)9-6-7(21)12(4-20,25-9)3-19(6)10(23)13(14,15)16/h2,6-7,9,20-21H,3-4H2,1H3,(H,17,22,24)/t6-,7+,9-,12-/m1/s1. The molecule has 0 aliphatic carbocycles. The number of H-pyrrole nitrogens is 1. The molecular weight excluding hydrogens is 351 g/mol. The lowest BCUT2D eigenvalue weighted by Gasteiger charge is -2.36. The first kappa shape index (κ1) is 17.6. The first-order valence-electron chi connectivity index (χ1n) is 7.18. The van der Waals surface area contributed by atoms with E-state index in [2.05, 4.69) is 0 Å². The molecule has 3 N–H and O–H groups in total. The van der Waals surface area contributed by atoms with Crippen LogP contribution in [-0.4, -0.2) is 67.6 Å². The molecule has 1 amide bonds. The predicted octanol–water partition coefficient (Wildman–Crippen LogP) is -1.76. The predicted molar refractivity (Wildman–Crippen MR) is 73.6 cm³/mol. The molecule has 25 heavy (non-hydrogen) atoms. The van der Waals surface area contributed by atoms with E-state index < -0.39 is 60.5 Å². The monoisotopic (exact) mass is 365 g/mol. The number of likely N-dealkylation sites (tertiary alicyclic amines) is 1. The Morgan fingerprint density at radius 2 is 2.12 bits per heavy atom. The number of aromatic amines is 1. The summed E-state index contributed by atoms with van der Waals surface area (Å²) in [4.78, 5) is 37.4. The highest BCUT2D eigenvalue weighted by atomic mass is 19.4. The summed E-state index contributed by atoms with van der Waals surface area (Å²) in [5, 5.41) is 19.8. The van der Waals surface area contributed by atoms with E-state index in [1.54, 1.807) is 0 Å². The number of nitrogens with one attached hydrogen (secondary N) is 1. The van der Waals surface area contributed by atoms with Crippen LogP contribution in [0.4, 0.5) is 13.2 Å². The van der Waals surface area contributed by atoms with Gasteiger partial charge in [-0.2, -0.15) is 13.2 Å². The number of amides is 1. The Balaban J connectivity index is 2.09. The number of halogens is 3. The highest BCUT2D eigenvalue weighted by Crippen LogP contribution is 2.47. The average Bonchev–Trinajstić information content (AvgIpc) is 2.97. The van der Waals surface area contributed by atoms with Crippen molar-refractivity contribution in [2.75, 3.05) is 13.2 Å². The van der Waals surface area contributed by atoms with E-state index in [1.807, 2.05) is 4.98 Å². The van der Waals surface area contributed by atoms with Crippen molar-refractivity contribution in [3.05, 3.63) is 32.6 Å². The van der Waals surface area contributed by atoms with Gasteiger partial charge in [-0.15, -0.1) is 0 Å². The fraction of sp³-hybridized carbons (Fsp3) is 0.615. The van der Waals surface area contributed by atoms with Crippen LogP contribution in [0.15, 0.2) is 15.8 Å². The molecule has 1 aromatic heterocycles. The lowest BCUT2D eigenvalue weighted by molar-refractivity contribution is -0.202. The van der Waals surface area contributed by atoms with Crippen LogP contribution in [0.25, 0.3) is 0 Å². The number of aliphatic hydroxyl groups excluding tert-OH is 2. The molecule has 1 aromatic rings. The lowest BCUT2D eigenvalue weighted by atomic mass is 10.0. The second-order valence-electron chi connectivity index (χ2n) is 6.08. The minimum absolute atomic E-state index is 0.0761. The summed E-state index contributed by atoms with van der Waals surface area (Å²) in [7, 11) is 0. The lowest BCUT2D eigenvalue weighted by Crippen LogP contribution is -2.54. The summed E-state index contributed by atoms with van der Waals surface area (Å²) in [6.07, 6.45) is -7.28. The Morgan fingerprint density at radius 3 is 2.64 bits per heavy atom. The van der Waals surface area contributed by atoms with Crippen LogP contribution in [0.2, 0.25) is 0 Å². The molecule has 3 rings (SSSR count). The Morgan fingerprint density at radius 1 is 1.48 bits per heavy atom. The van der Waals surface area contributed by atoms with E-state index in [4.69, 9.17) is 4.74 Å². The summed E-state index contributed by atoms with van der Waals surface area (Å²) in [5.41, 5.74) is -3.44. The van der Waals surface area contributed by atoms with Gasteiger partial charge in [0.2, 0.25) is 0 Å². The Labute approximate surface area is 137 Å². The van der Waals surface area contributed by atoms with Crippen molar-refractivity contribution in [3.63, 3.8) is 0 Å². The molecule has 0 saturated carbocycles. The number of aromatic nitrogens is 2. The molecule has 0 aromatic carbocycles. The van der Waals surface area contributed by atoms with Gasteiger partial charge in [0.1, 0.15) is 17.7 Å². The maximum Gasteiger partial charge on any atom is 0.471 e. The Kier molecular flexibility index (Phi) is 3.82. The number of hydrogen-bond acceptors (Lipinski definition) is 6. The maximum absolute atomic E-state index is 12.8. The molecule has 2 fully saturated rings. The Hall–Kier alpha value is -2.18. The van der Waals surface area contributed by atoms with E-state index in [0.29, 0.717) is 4.90 Å². The van der Waals surface area contributed by atoms with Crippen LogP contribution in [0.5, 0.6) is 0 Å². The molecule has 2 aliphatic heterocycles. The van der Waals surface area contributed by atoms with Crippen molar-refractivity contribution < 1.29 is 32.9 Å². The SMILES string of the molecule is Cc1cn([C@@H]2O[C@@]3(CO)CN(C(=O)C(F)(F)F)[C@@H]2[C@@H]3O)c(=O)[nH]c1=O. The number of alkyl halides is 3. The molecule has 2 aliphatic rings. The molecule has 0 spiro atoms. The highest BCUT2D eigenvalue weighted by molar-refractivity contribution is 5.83. The molecular formula is C13H14F3N3O6. The van der Waals surface area contributed by atoms with Gasteiger partial charge in [-0.05, 0) is 6.92 Å². The van der Waals surface area contributed by atoms with Crippen molar-refractivity contribution >= 4 is 5.91 Å². The number of aryl methyl sites for hydroxylation is 1.